The number of nitrogens with two attached hydrogens (primary N) is 1. The van der Waals surface area contributed by atoms with E-state index in [2.05, 4.69) is 27.0 Å². The summed E-state index contributed by atoms with van der Waals surface area (Å²) >= 11 is 0. The fourth-order valence-electron chi connectivity index (χ4n) is 2.39. The van der Waals surface area contributed by atoms with Crippen LogP contribution in [0.25, 0.3) is 5.57 Å². The monoisotopic (exact) mass is 292 g/mol. The number of nitrogens with zero attached hydrogens (tertiary/aromatic N) is 3. The molecule has 1 aromatic carbocycles. The summed E-state index contributed by atoms with van der Waals surface area (Å²) in [6.45, 7) is 1.20. The lowest BCUT2D eigenvalue weighted by Gasteiger charge is -2.26. The molecule has 0 saturated carbocycles. The Labute approximate surface area is 128 Å². The van der Waals surface area contributed by atoms with Crippen LogP contribution in [-0.4, -0.2) is 27.3 Å². The van der Waals surface area contributed by atoms with Gasteiger partial charge in [0.25, 0.3) is 0 Å². The number of carbonyl (C=O) groups excluding carboxylic acids is 1. The van der Waals surface area contributed by atoms with Gasteiger partial charge in [-0.25, -0.2) is 0 Å². The van der Waals surface area contributed by atoms with Crippen LogP contribution in [0.5, 0.6) is 0 Å². The summed E-state index contributed by atoms with van der Waals surface area (Å²) in [4.78, 5) is 22.0. The highest BCUT2D eigenvalue weighted by atomic mass is 16.1. The molecule has 5 nitrogen and oxygen atoms in total. The van der Waals surface area contributed by atoms with E-state index >= 15 is 0 Å². The molecule has 3 rings (SSSR count). The summed E-state index contributed by atoms with van der Waals surface area (Å²) < 4.78 is 0. The molecule has 0 bridgehead atoms. The van der Waals surface area contributed by atoms with Crippen molar-refractivity contribution in [1.29, 1.82) is 0 Å². The van der Waals surface area contributed by atoms with Gasteiger partial charge >= 0.3 is 0 Å². The Bertz CT molecular complexity index is 723. The molecule has 5 heteroatoms. The maximum atomic E-state index is 11.6. The largest absolute Gasteiger partial charge is 0.368 e. The lowest BCUT2D eigenvalue weighted by Crippen LogP contribution is -2.29. The number of aromatic nitrogens is 2. The van der Waals surface area contributed by atoms with Gasteiger partial charge in [-0.05, 0) is 11.6 Å². The molecule has 110 valence electrons. The van der Waals surface area contributed by atoms with Crippen LogP contribution < -0.4 is 5.73 Å². The van der Waals surface area contributed by atoms with Crippen LogP contribution >= 0.6 is 0 Å². The molecule has 0 atom stereocenters. The third kappa shape index (κ3) is 3.20. The van der Waals surface area contributed by atoms with E-state index in [-0.39, 0.29) is 0 Å². The average molecular weight is 292 g/mol. The lowest BCUT2D eigenvalue weighted by atomic mass is 10.0. The number of rotatable bonds is 4. The average Bonchev–Trinajstić information content (AvgIpc) is 2.56. The maximum Gasteiger partial charge on any atom is 0.246 e. The van der Waals surface area contributed by atoms with Crippen molar-refractivity contribution in [3.05, 3.63) is 78.0 Å². The van der Waals surface area contributed by atoms with E-state index in [1.54, 1.807) is 24.7 Å². The molecule has 0 saturated heterocycles. The number of hydrogen-bond donors (Lipinski definition) is 1. The SMILES string of the molecule is NC(=O)C1=CC(c2cnccn2)=CN(Cc2ccccc2)C1. The molecule has 0 aliphatic carbocycles. The summed E-state index contributed by atoms with van der Waals surface area (Å²) in [6.07, 6.45) is 8.70. The van der Waals surface area contributed by atoms with E-state index in [0.29, 0.717) is 18.7 Å². The van der Waals surface area contributed by atoms with Crippen LogP contribution in [0.3, 0.4) is 0 Å². The minimum Gasteiger partial charge on any atom is -0.368 e. The van der Waals surface area contributed by atoms with Gasteiger partial charge in [0.05, 0.1) is 11.9 Å². The van der Waals surface area contributed by atoms with Gasteiger partial charge in [0, 0.05) is 42.8 Å². The van der Waals surface area contributed by atoms with Gasteiger partial charge in [-0.2, -0.15) is 0 Å². The van der Waals surface area contributed by atoms with Crippen LogP contribution in [0.15, 0.2) is 66.8 Å². The van der Waals surface area contributed by atoms with Crippen LogP contribution in [0.1, 0.15) is 11.3 Å². The predicted molar refractivity (Wildman–Crippen MR) is 84.1 cm³/mol. The molecule has 1 amide bonds. The topological polar surface area (TPSA) is 72.1 Å². The van der Waals surface area contributed by atoms with Gasteiger partial charge in [0.2, 0.25) is 5.91 Å². The summed E-state index contributed by atoms with van der Waals surface area (Å²) in [7, 11) is 0. The Morgan fingerprint density at radius 3 is 2.73 bits per heavy atom. The van der Waals surface area contributed by atoms with Crippen molar-refractivity contribution in [1.82, 2.24) is 14.9 Å². The molecule has 1 aliphatic rings. The third-order valence-electron chi connectivity index (χ3n) is 3.43. The van der Waals surface area contributed by atoms with E-state index in [1.807, 2.05) is 24.4 Å². The molecule has 0 spiro atoms. The number of allylic oxidation sites excluding steroid dienone is 2. The molecule has 2 N–H and O–H groups in total. The summed E-state index contributed by atoms with van der Waals surface area (Å²) in [6, 6.07) is 10.1. The van der Waals surface area contributed by atoms with Crippen molar-refractivity contribution in [2.75, 3.05) is 6.54 Å². The molecule has 0 fully saturated rings. The van der Waals surface area contributed by atoms with E-state index in [4.69, 9.17) is 5.73 Å². The highest BCUT2D eigenvalue weighted by Gasteiger charge is 2.17. The molecule has 22 heavy (non-hydrogen) atoms. The zero-order valence-corrected chi connectivity index (χ0v) is 12.0. The summed E-state index contributed by atoms with van der Waals surface area (Å²) in [5.41, 5.74) is 8.76. The van der Waals surface area contributed by atoms with Crippen molar-refractivity contribution in [2.45, 2.75) is 6.54 Å². The Balaban J connectivity index is 1.90. The molecule has 2 aromatic rings. The van der Waals surface area contributed by atoms with E-state index < -0.39 is 5.91 Å². The smallest absolute Gasteiger partial charge is 0.246 e. The highest BCUT2D eigenvalue weighted by Crippen LogP contribution is 2.22. The number of benzene rings is 1. The molecule has 1 aromatic heterocycles. The van der Waals surface area contributed by atoms with Crippen LogP contribution in [0, 0.1) is 0 Å². The minimum atomic E-state index is -0.410. The van der Waals surface area contributed by atoms with E-state index in [9.17, 15) is 4.79 Å². The van der Waals surface area contributed by atoms with Crippen LogP contribution in [-0.2, 0) is 11.3 Å². The summed E-state index contributed by atoms with van der Waals surface area (Å²) in [5, 5.41) is 0. The zero-order valence-electron chi connectivity index (χ0n) is 12.0. The zero-order chi connectivity index (χ0) is 15.4. The van der Waals surface area contributed by atoms with Crippen molar-refractivity contribution >= 4 is 11.5 Å². The maximum absolute atomic E-state index is 11.6. The Hall–Kier alpha value is -2.95. The Kier molecular flexibility index (Phi) is 3.96. The first kappa shape index (κ1) is 14.0. The van der Waals surface area contributed by atoms with Crippen LogP contribution in [0.4, 0.5) is 0 Å². The first-order chi connectivity index (χ1) is 10.7. The molecule has 2 heterocycles. The van der Waals surface area contributed by atoms with E-state index in [1.165, 1.54) is 5.56 Å². The molecule has 0 unspecified atom stereocenters. The molecule has 0 radical (unpaired) electrons. The minimum absolute atomic E-state index is 0.410. The van der Waals surface area contributed by atoms with Gasteiger partial charge in [0.1, 0.15) is 0 Å². The van der Waals surface area contributed by atoms with Gasteiger partial charge in [-0.15, -0.1) is 0 Å². The number of amides is 1. The molecular formula is C17H16N4O. The Morgan fingerprint density at radius 1 is 1.23 bits per heavy atom. The first-order valence-electron chi connectivity index (χ1n) is 6.99. The lowest BCUT2D eigenvalue weighted by molar-refractivity contribution is -0.114. The molecular weight excluding hydrogens is 276 g/mol. The second kappa shape index (κ2) is 6.22. The van der Waals surface area contributed by atoms with Gasteiger partial charge in [0.15, 0.2) is 0 Å². The van der Waals surface area contributed by atoms with Crippen LogP contribution in [0.2, 0.25) is 0 Å². The summed E-state index contributed by atoms with van der Waals surface area (Å²) in [5.74, 6) is -0.410. The number of carbonyl (C=O) groups is 1. The second-order valence-electron chi connectivity index (χ2n) is 5.10. The molecule has 1 aliphatic heterocycles. The highest BCUT2D eigenvalue weighted by molar-refractivity contribution is 5.96. The normalized spacial score (nSPS) is 14.3. The van der Waals surface area contributed by atoms with Crippen molar-refractivity contribution in [2.24, 2.45) is 5.73 Å². The standard InChI is InChI=1S/C17H16N4O/c18-17(22)15-8-14(16-9-19-6-7-20-16)11-21(12-15)10-13-4-2-1-3-5-13/h1-9,11H,10,12H2,(H2,18,22). The van der Waals surface area contributed by atoms with Crippen molar-refractivity contribution in [3.8, 4) is 0 Å². The fraction of sp³-hybridized carbons (Fsp3) is 0.118. The predicted octanol–water partition coefficient (Wildman–Crippen LogP) is 1.75. The van der Waals surface area contributed by atoms with Gasteiger partial charge in [-0.1, -0.05) is 30.3 Å². The number of primary amides is 1. The first-order valence-corrected chi connectivity index (χ1v) is 6.99. The van der Waals surface area contributed by atoms with Gasteiger partial charge < -0.3 is 10.6 Å². The Morgan fingerprint density at radius 2 is 2.05 bits per heavy atom. The fourth-order valence-corrected chi connectivity index (χ4v) is 2.39. The van der Waals surface area contributed by atoms with Gasteiger partial charge in [-0.3, -0.25) is 14.8 Å². The second-order valence-corrected chi connectivity index (χ2v) is 5.10. The third-order valence-corrected chi connectivity index (χ3v) is 3.43. The van der Waals surface area contributed by atoms with Crippen molar-refractivity contribution in [3.63, 3.8) is 0 Å². The van der Waals surface area contributed by atoms with E-state index in [0.717, 1.165) is 11.3 Å². The quantitative estimate of drug-likeness (QED) is 0.931. The van der Waals surface area contributed by atoms with Crippen molar-refractivity contribution < 1.29 is 4.79 Å². The number of hydrogen-bond acceptors (Lipinski definition) is 4.